The Balaban J connectivity index is 1.81. The Morgan fingerprint density at radius 3 is 2.54 bits per heavy atom. The van der Waals surface area contributed by atoms with Gasteiger partial charge in [-0.2, -0.15) is 0 Å². The molecular weight excluding hydrogens is 302 g/mol. The zero-order chi connectivity index (χ0) is 17.2. The van der Waals surface area contributed by atoms with E-state index >= 15 is 0 Å². The molecule has 0 bridgehead atoms. The van der Waals surface area contributed by atoms with Crippen molar-refractivity contribution in [3.8, 4) is 16.9 Å². The van der Waals surface area contributed by atoms with Gasteiger partial charge in [0.05, 0.1) is 13.1 Å². The molecule has 0 unspecified atom stereocenters. The molecule has 4 nitrogen and oxygen atoms in total. The second-order valence-corrected chi connectivity index (χ2v) is 6.94. The average molecular weight is 325 g/mol. The maximum absolute atomic E-state index is 12.3. The molecule has 0 spiro atoms. The highest BCUT2D eigenvalue weighted by Gasteiger charge is 2.25. The van der Waals surface area contributed by atoms with E-state index in [1.165, 1.54) is 0 Å². The number of benzene rings is 2. The van der Waals surface area contributed by atoms with Crippen LogP contribution in [-0.4, -0.2) is 29.7 Å². The van der Waals surface area contributed by atoms with Crippen molar-refractivity contribution in [3.63, 3.8) is 0 Å². The highest BCUT2D eigenvalue weighted by molar-refractivity contribution is 5.69. The van der Waals surface area contributed by atoms with Crippen molar-refractivity contribution >= 4 is 6.09 Å². The number of rotatable bonds is 1. The summed E-state index contributed by atoms with van der Waals surface area (Å²) in [4.78, 5) is 14.0. The fourth-order valence-electron chi connectivity index (χ4n) is 2.66. The first-order chi connectivity index (χ1) is 11.4. The van der Waals surface area contributed by atoms with Crippen molar-refractivity contribution in [1.82, 2.24) is 4.90 Å². The summed E-state index contributed by atoms with van der Waals surface area (Å²) in [6, 6.07) is 16.3. The van der Waals surface area contributed by atoms with Crippen LogP contribution in [0.5, 0.6) is 5.75 Å². The van der Waals surface area contributed by atoms with Crippen molar-refractivity contribution in [2.45, 2.75) is 32.9 Å². The number of carbonyl (C=O) groups excluding carboxylic acids is 1. The molecule has 0 fully saturated rings. The van der Waals surface area contributed by atoms with Crippen LogP contribution in [0.2, 0.25) is 0 Å². The lowest BCUT2D eigenvalue weighted by molar-refractivity contribution is 0.0225. The Bertz CT molecular complexity index is 719. The Morgan fingerprint density at radius 2 is 1.83 bits per heavy atom. The SMILES string of the molecule is CC(C)(C)OC(=O)N1CCOc2cc(-c3ccccc3)ccc2C1. The van der Waals surface area contributed by atoms with E-state index in [2.05, 4.69) is 18.2 Å². The molecule has 126 valence electrons. The van der Waals surface area contributed by atoms with Gasteiger partial charge in [-0.3, -0.25) is 0 Å². The van der Waals surface area contributed by atoms with Gasteiger partial charge < -0.3 is 14.4 Å². The second kappa shape index (κ2) is 6.56. The quantitative estimate of drug-likeness (QED) is 0.776. The van der Waals surface area contributed by atoms with Gasteiger partial charge in [0.25, 0.3) is 0 Å². The van der Waals surface area contributed by atoms with Crippen LogP contribution >= 0.6 is 0 Å². The third-order valence-corrected chi connectivity index (χ3v) is 3.81. The molecule has 0 saturated heterocycles. The van der Waals surface area contributed by atoms with Gasteiger partial charge in [-0.25, -0.2) is 4.79 Å². The van der Waals surface area contributed by atoms with Crippen LogP contribution in [0, 0.1) is 0 Å². The minimum atomic E-state index is -0.496. The fraction of sp³-hybridized carbons (Fsp3) is 0.350. The molecule has 1 aliphatic rings. The highest BCUT2D eigenvalue weighted by atomic mass is 16.6. The summed E-state index contributed by atoms with van der Waals surface area (Å²) in [6.45, 7) is 7.10. The summed E-state index contributed by atoms with van der Waals surface area (Å²) in [5.41, 5.74) is 2.76. The first-order valence-corrected chi connectivity index (χ1v) is 8.21. The topological polar surface area (TPSA) is 38.8 Å². The summed E-state index contributed by atoms with van der Waals surface area (Å²) in [5.74, 6) is 0.836. The van der Waals surface area contributed by atoms with Crippen LogP contribution in [0.25, 0.3) is 11.1 Å². The molecule has 3 rings (SSSR count). The minimum Gasteiger partial charge on any atom is -0.491 e. The van der Waals surface area contributed by atoms with Gasteiger partial charge in [0.1, 0.15) is 18.0 Å². The van der Waals surface area contributed by atoms with Gasteiger partial charge in [-0.05, 0) is 38.0 Å². The van der Waals surface area contributed by atoms with Crippen molar-refractivity contribution in [2.24, 2.45) is 0 Å². The molecule has 1 heterocycles. The maximum atomic E-state index is 12.3. The molecule has 0 atom stereocenters. The molecule has 24 heavy (non-hydrogen) atoms. The molecule has 0 saturated carbocycles. The fourth-order valence-corrected chi connectivity index (χ4v) is 2.66. The van der Waals surface area contributed by atoms with E-state index in [9.17, 15) is 4.79 Å². The molecule has 1 amide bonds. The van der Waals surface area contributed by atoms with Crippen molar-refractivity contribution in [1.29, 1.82) is 0 Å². The van der Waals surface area contributed by atoms with Crippen LogP contribution in [0.1, 0.15) is 26.3 Å². The maximum Gasteiger partial charge on any atom is 0.410 e. The summed E-state index contributed by atoms with van der Waals surface area (Å²) in [5, 5.41) is 0. The number of nitrogens with zero attached hydrogens (tertiary/aromatic N) is 1. The van der Waals surface area contributed by atoms with E-state index in [0.29, 0.717) is 19.7 Å². The third kappa shape index (κ3) is 3.88. The predicted molar refractivity (Wildman–Crippen MR) is 94.0 cm³/mol. The molecule has 0 aromatic heterocycles. The smallest absolute Gasteiger partial charge is 0.410 e. The van der Waals surface area contributed by atoms with Crippen molar-refractivity contribution < 1.29 is 14.3 Å². The first-order valence-electron chi connectivity index (χ1n) is 8.21. The van der Waals surface area contributed by atoms with Gasteiger partial charge in [0.15, 0.2) is 0 Å². The lowest BCUT2D eigenvalue weighted by Crippen LogP contribution is -2.37. The number of amides is 1. The van der Waals surface area contributed by atoms with E-state index in [4.69, 9.17) is 9.47 Å². The number of ether oxygens (including phenoxy) is 2. The Labute approximate surface area is 143 Å². The largest absolute Gasteiger partial charge is 0.491 e. The predicted octanol–water partition coefficient (Wildman–Crippen LogP) is 4.48. The van der Waals surface area contributed by atoms with Crippen LogP contribution in [-0.2, 0) is 11.3 Å². The van der Waals surface area contributed by atoms with Crippen LogP contribution in [0.4, 0.5) is 4.79 Å². The summed E-state index contributed by atoms with van der Waals surface area (Å²) < 4.78 is 11.3. The Kier molecular flexibility index (Phi) is 4.47. The third-order valence-electron chi connectivity index (χ3n) is 3.81. The van der Waals surface area contributed by atoms with Gasteiger partial charge in [0, 0.05) is 5.56 Å². The van der Waals surface area contributed by atoms with Gasteiger partial charge in [-0.15, -0.1) is 0 Å². The standard InChI is InChI=1S/C20H23NO3/c1-20(2,3)24-19(22)21-11-12-23-18-13-16(9-10-17(18)14-21)15-7-5-4-6-8-15/h4-10,13H,11-12,14H2,1-3H3. The zero-order valence-electron chi connectivity index (χ0n) is 14.4. The number of hydrogen-bond acceptors (Lipinski definition) is 3. The molecular formula is C20H23NO3. The van der Waals surface area contributed by atoms with Crippen LogP contribution < -0.4 is 4.74 Å². The van der Waals surface area contributed by atoms with E-state index in [1.807, 2.05) is 51.1 Å². The normalized spacial score (nSPS) is 14.4. The highest BCUT2D eigenvalue weighted by Crippen LogP contribution is 2.30. The number of fused-ring (bicyclic) bond motifs is 1. The Hall–Kier alpha value is -2.49. The van der Waals surface area contributed by atoms with Crippen LogP contribution in [0.15, 0.2) is 48.5 Å². The molecule has 1 aliphatic heterocycles. The summed E-state index contributed by atoms with van der Waals surface area (Å²) in [7, 11) is 0. The summed E-state index contributed by atoms with van der Waals surface area (Å²) in [6.07, 6.45) is -0.300. The van der Waals surface area contributed by atoms with Crippen LogP contribution in [0.3, 0.4) is 0 Å². The number of hydrogen-bond donors (Lipinski definition) is 0. The van der Waals surface area contributed by atoms with Gasteiger partial charge in [-0.1, -0.05) is 42.5 Å². The lowest BCUT2D eigenvalue weighted by atomic mass is 10.0. The molecule has 4 heteroatoms. The second-order valence-electron chi connectivity index (χ2n) is 6.94. The molecule has 0 radical (unpaired) electrons. The monoisotopic (exact) mass is 325 g/mol. The molecule has 0 aliphatic carbocycles. The van der Waals surface area contributed by atoms with Gasteiger partial charge >= 0.3 is 6.09 Å². The van der Waals surface area contributed by atoms with E-state index in [1.54, 1.807) is 4.90 Å². The first kappa shape index (κ1) is 16.4. The number of carbonyl (C=O) groups is 1. The minimum absolute atomic E-state index is 0.300. The van der Waals surface area contributed by atoms with E-state index < -0.39 is 5.60 Å². The Morgan fingerprint density at radius 1 is 1.08 bits per heavy atom. The zero-order valence-corrected chi connectivity index (χ0v) is 14.4. The lowest BCUT2D eigenvalue weighted by Gasteiger charge is -2.26. The van der Waals surface area contributed by atoms with Gasteiger partial charge in [0.2, 0.25) is 0 Å². The molecule has 2 aromatic carbocycles. The van der Waals surface area contributed by atoms with E-state index in [0.717, 1.165) is 22.4 Å². The van der Waals surface area contributed by atoms with Crippen molar-refractivity contribution in [2.75, 3.05) is 13.2 Å². The molecule has 2 aromatic rings. The van der Waals surface area contributed by atoms with Crippen molar-refractivity contribution in [3.05, 3.63) is 54.1 Å². The molecule has 0 N–H and O–H groups in total. The van der Waals surface area contributed by atoms with E-state index in [-0.39, 0.29) is 6.09 Å². The summed E-state index contributed by atoms with van der Waals surface area (Å²) >= 11 is 0. The average Bonchev–Trinajstić information content (AvgIpc) is 2.75.